The molecule has 0 fully saturated rings. The maximum absolute atomic E-state index is 14.3. The van der Waals surface area contributed by atoms with Crippen LogP contribution in [0.1, 0.15) is 33.2 Å². The average Bonchev–Trinajstić information content (AvgIpc) is 2.99. The van der Waals surface area contributed by atoms with Gasteiger partial charge in [0.15, 0.2) is 0 Å². The largest absolute Gasteiger partial charge is 0.478 e. The van der Waals surface area contributed by atoms with Crippen LogP contribution in [-0.4, -0.2) is 34.0 Å². The standard InChI is InChI=1S/C32H26FN3O5S/c1-20(29(37)35-25-12-7-11-23(18-25)32(40)41)42-26-16-14-24(15-17-26)34-31(39)28(19-22-10-5-6-13-27(22)33)36-30(38)21-8-3-2-4-9-21/h2-20H,1H3,(H,34,39)(H,35,37)(H,36,38)(H,40,41)/b28-19-. The van der Waals surface area contributed by atoms with Gasteiger partial charge in [-0.05, 0) is 73.7 Å². The van der Waals surface area contributed by atoms with E-state index in [9.17, 15) is 23.6 Å². The Balaban J connectivity index is 1.43. The van der Waals surface area contributed by atoms with Gasteiger partial charge in [0.2, 0.25) is 5.91 Å². The zero-order chi connectivity index (χ0) is 30.1. The second-order valence-electron chi connectivity index (χ2n) is 9.01. The fraction of sp³-hybridized carbons (Fsp3) is 0.0625. The fourth-order valence-corrected chi connectivity index (χ4v) is 4.60. The van der Waals surface area contributed by atoms with Gasteiger partial charge in [-0.2, -0.15) is 0 Å². The van der Waals surface area contributed by atoms with Gasteiger partial charge in [-0.25, -0.2) is 9.18 Å². The molecule has 42 heavy (non-hydrogen) atoms. The van der Waals surface area contributed by atoms with Gasteiger partial charge in [0.05, 0.1) is 10.8 Å². The van der Waals surface area contributed by atoms with E-state index in [2.05, 4.69) is 16.0 Å². The Morgan fingerprint density at radius 3 is 2.14 bits per heavy atom. The molecule has 4 N–H and O–H groups in total. The fourth-order valence-electron chi connectivity index (χ4n) is 3.74. The van der Waals surface area contributed by atoms with Gasteiger partial charge < -0.3 is 21.1 Å². The third kappa shape index (κ3) is 8.15. The summed E-state index contributed by atoms with van der Waals surface area (Å²) >= 11 is 1.27. The van der Waals surface area contributed by atoms with Crippen molar-refractivity contribution in [3.8, 4) is 0 Å². The number of amides is 3. The lowest BCUT2D eigenvalue weighted by molar-refractivity contribution is -0.115. The number of thioether (sulfide) groups is 1. The molecule has 1 unspecified atom stereocenters. The Morgan fingerprint density at radius 2 is 1.45 bits per heavy atom. The molecule has 1 atom stereocenters. The monoisotopic (exact) mass is 583 g/mol. The van der Waals surface area contributed by atoms with E-state index < -0.39 is 28.9 Å². The van der Waals surface area contributed by atoms with E-state index in [1.165, 1.54) is 48.2 Å². The van der Waals surface area contributed by atoms with E-state index in [0.29, 0.717) is 16.9 Å². The third-order valence-corrected chi connectivity index (χ3v) is 7.02. The molecule has 4 aromatic carbocycles. The summed E-state index contributed by atoms with van der Waals surface area (Å²) in [6, 6.07) is 26.9. The van der Waals surface area contributed by atoms with Crippen LogP contribution in [0.25, 0.3) is 6.08 Å². The molecule has 0 spiro atoms. The molecule has 4 rings (SSSR count). The van der Waals surface area contributed by atoms with Crippen molar-refractivity contribution < 1.29 is 28.7 Å². The van der Waals surface area contributed by atoms with Crippen LogP contribution < -0.4 is 16.0 Å². The summed E-state index contributed by atoms with van der Waals surface area (Å²) in [6.07, 6.45) is 1.27. The van der Waals surface area contributed by atoms with Crippen molar-refractivity contribution in [3.63, 3.8) is 0 Å². The van der Waals surface area contributed by atoms with Crippen LogP contribution in [0.15, 0.2) is 114 Å². The average molecular weight is 584 g/mol. The summed E-state index contributed by atoms with van der Waals surface area (Å²) in [5.41, 5.74) is 1.18. The maximum Gasteiger partial charge on any atom is 0.335 e. The highest BCUT2D eigenvalue weighted by atomic mass is 32.2. The Labute approximate surface area is 245 Å². The lowest BCUT2D eigenvalue weighted by Gasteiger charge is -2.14. The van der Waals surface area contributed by atoms with Crippen LogP contribution in [0, 0.1) is 5.82 Å². The number of hydrogen-bond acceptors (Lipinski definition) is 5. The quantitative estimate of drug-likeness (QED) is 0.133. The summed E-state index contributed by atoms with van der Waals surface area (Å²) in [5, 5.41) is 16.6. The van der Waals surface area contributed by atoms with Crippen molar-refractivity contribution in [2.45, 2.75) is 17.1 Å². The first-order chi connectivity index (χ1) is 20.2. The number of benzene rings is 4. The molecule has 0 aliphatic carbocycles. The Bertz CT molecular complexity index is 1640. The second-order valence-corrected chi connectivity index (χ2v) is 10.4. The van der Waals surface area contributed by atoms with Crippen LogP contribution in [0.3, 0.4) is 0 Å². The van der Waals surface area contributed by atoms with E-state index in [4.69, 9.17) is 5.11 Å². The first-order valence-electron chi connectivity index (χ1n) is 12.7. The molecule has 0 bridgehead atoms. The van der Waals surface area contributed by atoms with E-state index >= 15 is 0 Å². The number of hydrogen-bond donors (Lipinski definition) is 4. The van der Waals surface area contributed by atoms with Gasteiger partial charge in [0.25, 0.3) is 11.8 Å². The van der Waals surface area contributed by atoms with Crippen LogP contribution >= 0.6 is 11.8 Å². The number of nitrogens with one attached hydrogen (secondary N) is 3. The first-order valence-corrected chi connectivity index (χ1v) is 13.6. The second kappa shape index (κ2) is 13.9. The van der Waals surface area contributed by atoms with Crippen LogP contribution in [0.4, 0.5) is 15.8 Å². The lowest BCUT2D eigenvalue weighted by atomic mass is 10.1. The molecule has 0 heterocycles. The number of carbonyl (C=O) groups excluding carboxylic acids is 3. The molecule has 0 radical (unpaired) electrons. The molecule has 3 amide bonds. The van der Waals surface area contributed by atoms with Gasteiger partial charge >= 0.3 is 5.97 Å². The first kappa shape index (κ1) is 29.8. The molecule has 0 saturated carbocycles. The van der Waals surface area contributed by atoms with Crippen LogP contribution in [-0.2, 0) is 9.59 Å². The molecular weight excluding hydrogens is 557 g/mol. The minimum atomic E-state index is -1.09. The number of aromatic carboxylic acids is 1. The van der Waals surface area contributed by atoms with Crippen molar-refractivity contribution in [3.05, 3.63) is 131 Å². The number of anilines is 2. The summed E-state index contributed by atoms with van der Waals surface area (Å²) in [4.78, 5) is 50.5. The molecule has 0 aromatic heterocycles. The number of carboxylic acids is 1. The van der Waals surface area contributed by atoms with E-state index in [0.717, 1.165) is 4.90 Å². The molecule has 10 heteroatoms. The lowest BCUT2D eigenvalue weighted by Crippen LogP contribution is -2.30. The smallest absolute Gasteiger partial charge is 0.335 e. The van der Waals surface area contributed by atoms with Crippen LogP contribution in [0.5, 0.6) is 0 Å². The van der Waals surface area contributed by atoms with E-state index in [-0.39, 0.29) is 22.7 Å². The van der Waals surface area contributed by atoms with Crippen molar-refractivity contribution in [2.75, 3.05) is 10.6 Å². The number of rotatable bonds is 10. The van der Waals surface area contributed by atoms with Crippen molar-refractivity contribution in [1.29, 1.82) is 0 Å². The molecule has 212 valence electrons. The summed E-state index contributed by atoms with van der Waals surface area (Å²) in [6.45, 7) is 1.71. The highest BCUT2D eigenvalue weighted by Gasteiger charge is 2.18. The minimum absolute atomic E-state index is 0.0669. The number of carbonyl (C=O) groups is 4. The molecular formula is C32H26FN3O5S. The summed E-state index contributed by atoms with van der Waals surface area (Å²) in [7, 11) is 0. The normalized spacial score (nSPS) is 11.7. The number of halogens is 1. The molecule has 0 saturated heterocycles. The van der Waals surface area contributed by atoms with Gasteiger partial charge in [0.1, 0.15) is 11.5 Å². The Morgan fingerprint density at radius 1 is 0.786 bits per heavy atom. The van der Waals surface area contributed by atoms with Gasteiger partial charge in [0, 0.05) is 27.4 Å². The zero-order valence-electron chi connectivity index (χ0n) is 22.3. The molecule has 4 aromatic rings. The van der Waals surface area contributed by atoms with Crippen molar-refractivity contribution >= 4 is 52.9 Å². The Kier molecular flexibility index (Phi) is 9.85. The van der Waals surface area contributed by atoms with Gasteiger partial charge in [-0.1, -0.05) is 42.5 Å². The third-order valence-electron chi connectivity index (χ3n) is 5.91. The Hall–Kier alpha value is -5.22. The van der Waals surface area contributed by atoms with E-state index in [1.54, 1.807) is 79.7 Å². The van der Waals surface area contributed by atoms with Crippen molar-refractivity contribution in [1.82, 2.24) is 5.32 Å². The minimum Gasteiger partial charge on any atom is -0.478 e. The molecule has 8 nitrogen and oxygen atoms in total. The number of carboxylic acid groups (broad SMARTS) is 1. The molecule has 0 aliphatic rings. The SMILES string of the molecule is CC(Sc1ccc(NC(=O)/C(=C/c2ccccc2F)NC(=O)c2ccccc2)cc1)C(=O)Nc1cccc(C(=O)O)c1. The highest BCUT2D eigenvalue weighted by molar-refractivity contribution is 8.00. The topological polar surface area (TPSA) is 125 Å². The van der Waals surface area contributed by atoms with Crippen LogP contribution in [0.2, 0.25) is 0 Å². The molecule has 0 aliphatic heterocycles. The van der Waals surface area contributed by atoms with E-state index in [1.807, 2.05) is 0 Å². The summed E-state index contributed by atoms with van der Waals surface area (Å²) in [5.74, 6) is -3.13. The van der Waals surface area contributed by atoms with Gasteiger partial charge in [-0.15, -0.1) is 11.8 Å². The van der Waals surface area contributed by atoms with Gasteiger partial charge in [-0.3, -0.25) is 14.4 Å². The predicted octanol–water partition coefficient (Wildman–Crippen LogP) is 6.05. The zero-order valence-corrected chi connectivity index (χ0v) is 23.2. The van der Waals surface area contributed by atoms with Crippen molar-refractivity contribution in [2.24, 2.45) is 0 Å². The maximum atomic E-state index is 14.3. The highest BCUT2D eigenvalue weighted by Crippen LogP contribution is 2.26. The predicted molar refractivity (Wildman–Crippen MR) is 161 cm³/mol. The summed E-state index contributed by atoms with van der Waals surface area (Å²) < 4.78 is 14.3.